The van der Waals surface area contributed by atoms with Gasteiger partial charge in [-0.2, -0.15) is 0 Å². The van der Waals surface area contributed by atoms with Crippen LogP contribution in [0.15, 0.2) is 41.8 Å². The first-order valence-electron chi connectivity index (χ1n) is 7.15. The van der Waals surface area contributed by atoms with Gasteiger partial charge in [-0.25, -0.2) is 4.39 Å². The molecule has 0 aliphatic carbocycles. The number of hydrogen-bond donors (Lipinski definition) is 2. The summed E-state index contributed by atoms with van der Waals surface area (Å²) in [6.07, 6.45) is -0.825. The first kappa shape index (κ1) is 18.3. The average Bonchev–Trinajstić information content (AvgIpc) is 3.08. The Bertz CT molecular complexity index is 662. The van der Waals surface area contributed by atoms with Crippen LogP contribution >= 0.6 is 23.1 Å². The molecule has 1 aromatic heterocycles. The number of carbonyl (C=O) groups is 2. The molecule has 0 aliphatic heterocycles. The zero-order valence-corrected chi connectivity index (χ0v) is 14.6. The van der Waals surface area contributed by atoms with Crippen molar-refractivity contribution in [1.29, 1.82) is 0 Å². The van der Waals surface area contributed by atoms with Crippen LogP contribution in [0.3, 0.4) is 0 Å². The summed E-state index contributed by atoms with van der Waals surface area (Å²) in [6.45, 7) is 1.54. The van der Waals surface area contributed by atoms with Crippen molar-refractivity contribution in [2.75, 3.05) is 5.75 Å². The number of halogens is 1. The molecule has 0 fully saturated rings. The number of thioether (sulfide) groups is 1. The minimum absolute atomic E-state index is 0.241. The summed E-state index contributed by atoms with van der Waals surface area (Å²) in [7, 11) is 0. The molecule has 2 aromatic rings. The maximum absolute atomic E-state index is 12.8. The number of carbonyl (C=O) groups excluding carboxylic acids is 2. The van der Waals surface area contributed by atoms with E-state index in [-0.39, 0.29) is 17.5 Å². The standard InChI is InChI=1S/C16H17FN2O3S2/c1-11(22-13-6-4-12(17)5-7-13)16(21)19-18-15(20)10-23-9-14-3-2-8-24-14/h2-8,11H,9-10H2,1H3,(H,18,20)(H,19,21)/t11-/m0/s1. The molecule has 2 N–H and O–H groups in total. The van der Waals surface area contributed by atoms with Crippen molar-refractivity contribution in [2.45, 2.75) is 18.8 Å². The number of benzene rings is 1. The second-order valence-corrected chi connectivity index (χ2v) is 6.84. The molecule has 0 unspecified atom stereocenters. The molecule has 0 saturated heterocycles. The van der Waals surface area contributed by atoms with Gasteiger partial charge in [-0.3, -0.25) is 20.4 Å². The second kappa shape index (κ2) is 9.29. The summed E-state index contributed by atoms with van der Waals surface area (Å²) in [5, 5.41) is 1.98. The molecule has 0 bridgehead atoms. The predicted octanol–water partition coefficient (Wildman–Crippen LogP) is 2.74. The van der Waals surface area contributed by atoms with Gasteiger partial charge in [-0.1, -0.05) is 6.07 Å². The van der Waals surface area contributed by atoms with E-state index in [0.717, 1.165) is 5.75 Å². The fourth-order valence-corrected chi connectivity index (χ4v) is 3.35. The Kier molecular flexibility index (Phi) is 7.07. The van der Waals surface area contributed by atoms with Crippen LogP contribution in [0.4, 0.5) is 4.39 Å². The van der Waals surface area contributed by atoms with Crippen molar-refractivity contribution < 1.29 is 18.7 Å². The smallest absolute Gasteiger partial charge is 0.279 e. The number of nitrogens with one attached hydrogen (secondary N) is 2. The van der Waals surface area contributed by atoms with Gasteiger partial charge in [-0.15, -0.1) is 23.1 Å². The van der Waals surface area contributed by atoms with E-state index in [2.05, 4.69) is 10.9 Å². The van der Waals surface area contributed by atoms with Crippen molar-refractivity contribution in [1.82, 2.24) is 10.9 Å². The Balaban J connectivity index is 1.65. The molecule has 5 nitrogen and oxygen atoms in total. The van der Waals surface area contributed by atoms with Crippen LogP contribution in [0.5, 0.6) is 5.75 Å². The number of hydrogen-bond acceptors (Lipinski definition) is 5. The monoisotopic (exact) mass is 368 g/mol. The van der Waals surface area contributed by atoms with E-state index in [1.807, 2.05) is 17.5 Å². The molecule has 1 atom stereocenters. The Morgan fingerprint density at radius 3 is 2.67 bits per heavy atom. The average molecular weight is 368 g/mol. The highest BCUT2D eigenvalue weighted by Gasteiger charge is 2.15. The van der Waals surface area contributed by atoms with Crippen molar-refractivity contribution >= 4 is 34.9 Å². The molecule has 1 heterocycles. The van der Waals surface area contributed by atoms with Gasteiger partial charge in [0.05, 0.1) is 5.75 Å². The van der Waals surface area contributed by atoms with Crippen molar-refractivity contribution in [3.05, 3.63) is 52.5 Å². The molecule has 0 saturated carbocycles. The van der Waals surface area contributed by atoms with Crippen LogP contribution < -0.4 is 15.6 Å². The predicted molar refractivity (Wildman–Crippen MR) is 93.3 cm³/mol. The summed E-state index contributed by atoms with van der Waals surface area (Å²) >= 11 is 3.10. The minimum atomic E-state index is -0.825. The van der Waals surface area contributed by atoms with Crippen LogP contribution in [-0.2, 0) is 15.3 Å². The van der Waals surface area contributed by atoms with E-state index in [4.69, 9.17) is 4.74 Å². The third kappa shape index (κ3) is 6.21. The molecule has 2 rings (SSSR count). The van der Waals surface area contributed by atoms with Crippen LogP contribution in [0.1, 0.15) is 11.8 Å². The van der Waals surface area contributed by atoms with E-state index in [1.165, 1.54) is 47.8 Å². The minimum Gasteiger partial charge on any atom is -0.481 e. The third-order valence-electron chi connectivity index (χ3n) is 2.88. The fraction of sp³-hybridized carbons (Fsp3) is 0.250. The molecular weight excluding hydrogens is 351 g/mol. The molecule has 0 radical (unpaired) electrons. The number of ether oxygens (including phenoxy) is 1. The zero-order chi connectivity index (χ0) is 17.4. The van der Waals surface area contributed by atoms with Gasteiger partial charge in [0.15, 0.2) is 6.10 Å². The van der Waals surface area contributed by atoms with Gasteiger partial charge in [0, 0.05) is 10.6 Å². The lowest BCUT2D eigenvalue weighted by molar-refractivity contribution is -0.131. The Labute approximate surface area is 147 Å². The summed E-state index contributed by atoms with van der Waals surface area (Å²) in [5.74, 6) is 0.201. The molecule has 128 valence electrons. The normalized spacial score (nSPS) is 11.6. The molecule has 2 amide bonds. The SMILES string of the molecule is C[C@H](Oc1ccc(F)cc1)C(=O)NNC(=O)CSCc1cccs1. The van der Waals surface area contributed by atoms with Gasteiger partial charge >= 0.3 is 0 Å². The highest BCUT2D eigenvalue weighted by Crippen LogP contribution is 2.16. The van der Waals surface area contributed by atoms with Gasteiger partial charge in [0.25, 0.3) is 5.91 Å². The maximum atomic E-state index is 12.8. The summed E-state index contributed by atoms with van der Waals surface area (Å²) in [6, 6.07) is 9.31. The zero-order valence-electron chi connectivity index (χ0n) is 13.0. The Hall–Kier alpha value is -2.06. The Morgan fingerprint density at radius 2 is 2.00 bits per heavy atom. The molecular formula is C16H17FN2O3S2. The van der Waals surface area contributed by atoms with Crippen molar-refractivity contribution in [2.24, 2.45) is 0 Å². The quantitative estimate of drug-likeness (QED) is 0.738. The highest BCUT2D eigenvalue weighted by atomic mass is 32.2. The fourth-order valence-electron chi connectivity index (χ4n) is 1.68. The maximum Gasteiger partial charge on any atom is 0.279 e. The van der Waals surface area contributed by atoms with E-state index >= 15 is 0 Å². The lowest BCUT2D eigenvalue weighted by Crippen LogP contribution is -2.47. The van der Waals surface area contributed by atoms with Crippen molar-refractivity contribution in [3.8, 4) is 5.75 Å². The van der Waals surface area contributed by atoms with Crippen LogP contribution in [0.2, 0.25) is 0 Å². The van der Waals surface area contributed by atoms with E-state index in [9.17, 15) is 14.0 Å². The number of amides is 2. The molecule has 0 aliphatic rings. The lowest BCUT2D eigenvalue weighted by Gasteiger charge is -2.15. The van der Waals surface area contributed by atoms with Crippen LogP contribution in [-0.4, -0.2) is 23.7 Å². The van der Waals surface area contributed by atoms with E-state index in [0.29, 0.717) is 5.75 Å². The summed E-state index contributed by atoms with van der Waals surface area (Å²) in [4.78, 5) is 24.7. The molecule has 1 aromatic carbocycles. The van der Waals surface area contributed by atoms with Crippen molar-refractivity contribution in [3.63, 3.8) is 0 Å². The number of rotatable bonds is 7. The highest BCUT2D eigenvalue weighted by molar-refractivity contribution is 7.99. The van der Waals surface area contributed by atoms with Gasteiger partial charge in [0.2, 0.25) is 5.91 Å². The first-order chi connectivity index (χ1) is 11.5. The largest absolute Gasteiger partial charge is 0.481 e. The van der Waals surface area contributed by atoms with Gasteiger partial charge < -0.3 is 4.74 Å². The molecule has 0 spiro atoms. The third-order valence-corrected chi connectivity index (χ3v) is 4.92. The first-order valence-corrected chi connectivity index (χ1v) is 9.19. The van der Waals surface area contributed by atoms with Crippen LogP contribution in [0.25, 0.3) is 0 Å². The number of thiophene rings is 1. The molecule has 24 heavy (non-hydrogen) atoms. The summed E-state index contributed by atoms with van der Waals surface area (Å²) < 4.78 is 18.2. The van der Waals surface area contributed by atoms with E-state index < -0.39 is 12.0 Å². The number of hydrazine groups is 1. The van der Waals surface area contributed by atoms with Gasteiger partial charge in [-0.05, 0) is 42.6 Å². The van der Waals surface area contributed by atoms with Crippen LogP contribution in [0, 0.1) is 5.82 Å². The Morgan fingerprint density at radius 1 is 1.25 bits per heavy atom. The second-order valence-electron chi connectivity index (χ2n) is 4.82. The van der Waals surface area contributed by atoms with Gasteiger partial charge in [0.1, 0.15) is 11.6 Å². The molecule has 8 heteroatoms. The lowest BCUT2D eigenvalue weighted by atomic mass is 10.3. The van der Waals surface area contributed by atoms with E-state index in [1.54, 1.807) is 11.3 Å². The topological polar surface area (TPSA) is 67.4 Å². The summed E-state index contributed by atoms with van der Waals surface area (Å²) in [5.41, 5.74) is 4.65.